The summed E-state index contributed by atoms with van der Waals surface area (Å²) >= 11 is 0. The number of anilines is 1. The van der Waals surface area contributed by atoms with Gasteiger partial charge in [0.1, 0.15) is 5.75 Å². The Morgan fingerprint density at radius 3 is 2.57 bits per heavy atom. The normalized spacial score (nSPS) is 23.8. The molecule has 0 aromatic heterocycles. The molecule has 1 aromatic rings. The summed E-state index contributed by atoms with van der Waals surface area (Å²) in [4.78, 5) is 47.6. The van der Waals surface area contributed by atoms with Crippen LogP contribution in [0.1, 0.15) is 46.4 Å². The quantitative estimate of drug-likeness (QED) is 0.328. The van der Waals surface area contributed by atoms with Crippen LogP contribution in [0, 0.1) is 11.8 Å². The fraction of sp³-hybridized carbons (Fsp3) is 0.375. The van der Waals surface area contributed by atoms with Crippen molar-refractivity contribution >= 4 is 29.1 Å². The number of amides is 2. The number of hydrogen-bond acceptors (Lipinski definition) is 6. The van der Waals surface area contributed by atoms with E-state index in [2.05, 4.69) is 5.32 Å². The Morgan fingerprint density at radius 2 is 1.87 bits per heavy atom. The van der Waals surface area contributed by atoms with E-state index in [-0.39, 0.29) is 58.9 Å². The van der Waals surface area contributed by atoms with Crippen LogP contribution in [0.5, 0.6) is 5.75 Å². The first-order valence-electron chi connectivity index (χ1n) is 7.43. The van der Waals surface area contributed by atoms with E-state index in [0.717, 1.165) is 0 Å². The van der Waals surface area contributed by atoms with Gasteiger partial charge >= 0.3 is 0 Å². The molecule has 1 aromatic carbocycles. The lowest BCUT2D eigenvalue weighted by molar-refractivity contribution is -0.136. The van der Waals surface area contributed by atoms with Gasteiger partial charge in [-0.25, -0.2) is 0 Å². The molecule has 0 spiro atoms. The minimum Gasteiger partial charge on any atom is -0.506 e. The zero-order chi connectivity index (χ0) is 16.7. The van der Waals surface area contributed by atoms with Crippen molar-refractivity contribution in [2.24, 2.45) is 11.8 Å². The summed E-state index contributed by atoms with van der Waals surface area (Å²) in [5, 5.41) is 11.9. The fourth-order valence-corrected chi connectivity index (χ4v) is 3.20. The number of nitrogens with one attached hydrogen (secondary N) is 1. The summed E-state index contributed by atoms with van der Waals surface area (Å²) in [5.74, 6) is -2.86. The number of fused-ring (bicyclic) bond motifs is 1. The third-order valence-electron chi connectivity index (χ3n) is 4.52. The number of phenolic OH excluding ortho intramolecular Hbond substituents is 1. The molecule has 1 heterocycles. The van der Waals surface area contributed by atoms with Gasteiger partial charge in [0.05, 0.1) is 17.2 Å². The van der Waals surface area contributed by atoms with Crippen LogP contribution in [0.3, 0.4) is 0 Å². The predicted octanol–water partition coefficient (Wildman–Crippen LogP) is 0.803. The minimum absolute atomic E-state index is 0.0725. The van der Waals surface area contributed by atoms with Crippen LogP contribution in [0.25, 0.3) is 0 Å². The molecule has 1 aliphatic carbocycles. The van der Waals surface area contributed by atoms with Crippen molar-refractivity contribution in [3.05, 3.63) is 23.3 Å². The Hall–Kier alpha value is -2.70. The first-order chi connectivity index (χ1) is 10.9. The van der Waals surface area contributed by atoms with Crippen molar-refractivity contribution in [2.75, 3.05) is 5.73 Å². The van der Waals surface area contributed by atoms with E-state index in [1.807, 2.05) is 0 Å². The van der Waals surface area contributed by atoms with Crippen LogP contribution >= 0.6 is 0 Å². The molecule has 23 heavy (non-hydrogen) atoms. The highest BCUT2D eigenvalue weighted by Gasteiger charge is 2.41. The van der Waals surface area contributed by atoms with Gasteiger partial charge in [-0.05, 0) is 31.4 Å². The monoisotopic (exact) mass is 316 g/mol. The van der Waals surface area contributed by atoms with Crippen molar-refractivity contribution < 1.29 is 24.3 Å². The van der Waals surface area contributed by atoms with E-state index in [0.29, 0.717) is 12.8 Å². The van der Waals surface area contributed by atoms with E-state index in [1.165, 1.54) is 12.1 Å². The van der Waals surface area contributed by atoms with Gasteiger partial charge in [0.2, 0.25) is 11.8 Å². The molecule has 0 radical (unpaired) electrons. The van der Waals surface area contributed by atoms with Gasteiger partial charge in [0.15, 0.2) is 11.6 Å². The molecule has 1 aliphatic heterocycles. The number of hydrogen-bond donors (Lipinski definition) is 3. The van der Waals surface area contributed by atoms with Crippen molar-refractivity contribution in [3.8, 4) is 5.75 Å². The molecule has 3 rings (SSSR count). The lowest BCUT2D eigenvalue weighted by atomic mass is 9.88. The number of benzene rings is 1. The molecule has 1 saturated heterocycles. The molecule has 2 unspecified atom stereocenters. The number of carbonyl (C=O) groups is 4. The average Bonchev–Trinajstić information content (AvgIpc) is 2.74. The van der Waals surface area contributed by atoms with Gasteiger partial charge in [0, 0.05) is 17.9 Å². The van der Waals surface area contributed by atoms with Gasteiger partial charge in [0.25, 0.3) is 0 Å². The van der Waals surface area contributed by atoms with Crippen LogP contribution in [0.4, 0.5) is 5.69 Å². The molecule has 0 saturated carbocycles. The first-order valence-corrected chi connectivity index (χ1v) is 7.43. The van der Waals surface area contributed by atoms with Crippen molar-refractivity contribution in [1.82, 2.24) is 5.32 Å². The number of imide groups is 1. The average molecular weight is 316 g/mol. The highest BCUT2D eigenvalue weighted by molar-refractivity contribution is 6.28. The van der Waals surface area contributed by atoms with Gasteiger partial charge in [-0.3, -0.25) is 24.5 Å². The van der Waals surface area contributed by atoms with E-state index in [4.69, 9.17) is 5.73 Å². The molecular weight excluding hydrogens is 300 g/mol. The molecule has 120 valence electrons. The van der Waals surface area contributed by atoms with E-state index >= 15 is 0 Å². The summed E-state index contributed by atoms with van der Waals surface area (Å²) < 4.78 is 0. The summed E-state index contributed by atoms with van der Waals surface area (Å²) in [7, 11) is 0. The first kappa shape index (κ1) is 15.2. The summed E-state index contributed by atoms with van der Waals surface area (Å²) in [6.07, 6.45) is 1.26. The maximum absolute atomic E-state index is 12.4. The number of aromatic hydroxyl groups is 1. The van der Waals surface area contributed by atoms with Crippen LogP contribution in [-0.4, -0.2) is 28.5 Å². The SMILES string of the molecule is Nc1c(O)ccc2c1C(=O)C(CCC1CCC(=O)NC1=O)C2=O. The van der Waals surface area contributed by atoms with Crippen LogP contribution in [0.2, 0.25) is 0 Å². The van der Waals surface area contributed by atoms with Crippen LogP contribution in [0.15, 0.2) is 12.1 Å². The van der Waals surface area contributed by atoms with Gasteiger partial charge in [-0.15, -0.1) is 0 Å². The largest absolute Gasteiger partial charge is 0.506 e. The number of phenols is 1. The fourth-order valence-electron chi connectivity index (χ4n) is 3.20. The van der Waals surface area contributed by atoms with Crippen LogP contribution in [-0.2, 0) is 9.59 Å². The second-order valence-corrected chi connectivity index (χ2v) is 5.93. The van der Waals surface area contributed by atoms with Gasteiger partial charge < -0.3 is 10.8 Å². The molecule has 7 nitrogen and oxygen atoms in total. The topological polar surface area (TPSA) is 127 Å². The Kier molecular flexibility index (Phi) is 3.63. The lowest BCUT2D eigenvalue weighted by Gasteiger charge is -2.21. The third kappa shape index (κ3) is 2.48. The second-order valence-electron chi connectivity index (χ2n) is 5.93. The summed E-state index contributed by atoms with van der Waals surface area (Å²) in [6, 6.07) is 2.69. The Balaban J connectivity index is 1.74. The number of nitrogen functional groups attached to an aromatic ring is 1. The maximum Gasteiger partial charge on any atom is 0.229 e. The number of nitrogens with two attached hydrogens (primary N) is 1. The molecule has 2 atom stereocenters. The number of carbonyl (C=O) groups excluding carboxylic acids is 4. The molecule has 2 amide bonds. The maximum atomic E-state index is 12.4. The summed E-state index contributed by atoms with van der Waals surface area (Å²) in [6.45, 7) is 0. The van der Waals surface area contributed by atoms with Crippen molar-refractivity contribution in [2.45, 2.75) is 25.7 Å². The summed E-state index contributed by atoms with van der Waals surface area (Å²) in [5.41, 5.74) is 5.91. The molecule has 7 heteroatoms. The molecule has 4 N–H and O–H groups in total. The van der Waals surface area contributed by atoms with E-state index in [9.17, 15) is 24.3 Å². The second kappa shape index (κ2) is 5.49. The number of rotatable bonds is 3. The highest BCUT2D eigenvalue weighted by Crippen LogP contribution is 2.38. The molecular formula is C16H16N2O5. The Bertz CT molecular complexity index is 740. The van der Waals surface area contributed by atoms with Gasteiger partial charge in [-0.1, -0.05) is 0 Å². The Labute approximate surface area is 131 Å². The zero-order valence-electron chi connectivity index (χ0n) is 12.3. The van der Waals surface area contributed by atoms with E-state index in [1.54, 1.807) is 0 Å². The minimum atomic E-state index is -0.875. The zero-order valence-corrected chi connectivity index (χ0v) is 12.3. The van der Waals surface area contributed by atoms with Crippen LogP contribution < -0.4 is 11.1 Å². The van der Waals surface area contributed by atoms with Crippen molar-refractivity contribution in [1.29, 1.82) is 0 Å². The van der Waals surface area contributed by atoms with Gasteiger partial charge in [-0.2, -0.15) is 0 Å². The number of ketones is 2. The molecule has 1 fully saturated rings. The highest BCUT2D eigenvalue weighted by atomic mass is 16.3. The molecule has 2 aliphatic rings. The predicted molar refractivity (Wildman–Crippen MR) is 79.8 cm³/mol. The lowest BCUT2D eigenvalue weighted by Crippen LogP contribution is -2.40. The smallest absolute Gasteiger partial charge is 0.229 e. The van der Waals surface area contributed by atoms with Crippen molar-refractivity contribution in [3.63, 3.8) is 0 Å². The standard InChI is InChI=1S/C16H16N2O5/c17-13-10(19)5-4-8-12(13)15(22)9(14(8)21)3-1-7-2-6-11(20)18-16(7)23/h4-5,7,9,19H,1-3,6,17H2,(H,18,20,23). The number of piperidine rings is 1. The molecule has 0 bridgehead atoms. The third-order valence-corrected chi connectivity index (χ3v) is 4.52. The Morgan fingerprint density at radius 1 is 1.13 bits per heavy atom. The number of Topliss-reactive ketones (excluding diaryl/α,β-unsaturated/α-hetero) is 2. The van der Waals surface area contributed by atoms with E-state index < -0.39 is 11.7 Å².